The maximum atomic E-state index is 11.0. The first kappa shape index (κ1) is 11.5. The van der Waals surface area contributed by atoms with E-state index in [1.807, 2.05) is 4.90 Å². The van der Waals surface area contributed by atoms with E-state index < -0.39 is 0 Å². The van der Waals surface area contributed by atoms with E-state index in [1.54, 1.807) is 13.8 Å². The number of carbonyl (C=O) groups is 1. The van der Waals surface area contributed by atoms with E-state index in [2.05, 4.69) is 5.32 Å². The molecular formula is C10H20N2O2. The van der Waals surface area contributed by atoms with Crippen molar-refractivity contribution in [2.45, 2.75) is 38.8 Å². The van der Waals surface area contributed by atoms with E-state index in [-0.39, 0.29) is 12.0 Å². The van der Waals surface area contributed by atoms with Crippen molar-refractivity contribution in [3.63, 3.8) is 0 Å². The number of carbonyl (C=O) groups excluding carboxylic acids is 1. The lowest BCUT2D eigenvalue weighted by Gasteiger charge is -2.32. The van der Waals surface area contributed by atoms with Gasteiger partial charge in [-0.15, -0.1) is 0 Å². The summed E-state index contributed by atoms with van der Waals surface area (Å²) in [5.41, 5.74) is 0. The molecule has 4 nitrogen and oxygen atoms in total. The fraction of sp³-hybridized carbons (Fsp3) is 0.900. The third-order valence-corrected chi connectivity index (χ3v) is 2.64. The van der Waals surface area contributed by atoms with Crippen molar-refractivity contribution in [3.05, 3.63) is 0 Å². The largest absolute Gasteiger partial charge is 0.392 e. The highest BCUT2D eigenvalue weighted by molar-refractivity contribution is 5.73. The van der Waals surface area contributed by atoms with Gasteiger partial charge in [0.25, 0.3) is 0 Å². The van der Waals surface area contributed by atoms with Gasteiger partial charge in [-0.1, -0.05) is 0 Å². The van der Waals surface area contributed by atoms with Crippen molar-refractivity contribution in [2.75, 3.05) is 19.6 Å². The van der Waals surface area contributed by atoms with Gasteiger partial charge in [-0.3, -0.25) is 4.79 Å². The molecule has 1 aliphatic rings. The van der Waals surface area contributed by atoms with E-state index in [4.69, 9.17) is 5.11 Å². The average molecular weight is 200 g/mol. The number of nitrogens with one attached hydrogen (secondary N) is 1. The van der Waals surface area contributed by atoms with Gasteiger partial charge >= 0.3 is 0 Å². The highest BCUT2D eigenvalue weighted by atomic mass is 16.3. The van der Waals surface area contributed by atoms with Crippen LogP contribution in [0.3, 0.4) is 0 Å². The topological polar surface area (TPSA) is 52.6 Å². The van der Waals surface area contributed by atoms with Gasteiger partial charge in [-0.25, -0.2) is 0 Å². The molecule has 0 aromatic carbocycles. The fourth-order valence-electron chi connectivity index (χ4n) is 1.74. The highest BCUT2D eigenvalue weighted by Crippen LogP contribution is 2.10. The summed E-state index contributed by atoms with van der Waals surface area (Å²) in [5.74, 6) is 0.166. The molecule has 0 aliphatic carbocycles. The minimum atomic E-state index is -0.291. The Morgan fingerprint density at radius 2 is 2.14 bits per heavy atom. The molecule has 1 unspecified atom stereocenters. The van der Waals surface area contributed by atoms with E-state index in [0.29, 0.717) is 12.6 Å². The Morgan fingerprint density at radius 1 is 1.57 bits per heavy atom. The maximum Gasteiger partial charge on any atom is 0.219 e. The molecule has 1 saturated heterocycles. The van der Waals surface area contributed by atoms with Crippen LogP contribution in [0.1, 0.15) is 26.7 Å². The molecule has 14 heavy (non-hydrogen) atoms. The lowest BCUT2D eigenvalue weighted by atomic mass is 10.0. The van der Waals surface area contributed by atoms with Crippen LogP contribution in [0, 0.1) is 0 Å². The second-order valence-electron chi connectivity index (χ2n) is 4.04. The van der Waals surface area contributed by atoms with Gasteiger partial charge < -0.3 is 15.3 Å². The third-order valence-electron chi connectivity index (χ3n) is 2.64. The van der Waals surface area contributed by atoms with Crippen LogP contribution in [-0.4, -0.2) is 47.7 Å². The van der Waals surface area contributed by atoms with E-state index in [1.165, 1.54) is 0 Å². The molecule has 0 bridgehead atoms. The Hall–Kier alpha value is -0.610. The van der Waals surface area contributed by atoms with E-state index in [0.717, 1.165) is 25.9 Å². The summed E-state index contributed by atoms with van der Waals surface area (Å²) in [6.45, 7) is 5.71. The standard InChI is InChI=1S/C10H20N2O2/c1-8(13)7-11-10-3-5-12(6-4-10)9(2)14/h8,10-11,13H,3-7H2,1-2H3. The lowest BCUT2D eigenvalue weighted by molar-refractivity contribution is -0.129. The Kier molecular flexibility index (Phi) is 4.35. The van der Waals surface area contributed by atoms with Crippen LogP contribution in [0.5, 0.6) is 0 Å². The first-order valence-electron chi connectivity index (χ1n) is 5.26. The Labute approximate surface area is 85.3 Å². The molecule has 1 heterocycles. The van der Waals surface area contributed by atoms with Crippen LogP contribution in [0.4, 0.5) is 0 Å². The molecule has 1 aliphatic heterocycles. The van der Waals surface area contributed by atoms with Gasteiger partial charge in [0.05, 0.1) is 6.10 Å². The minimum Gasteiger partial charge on any atom is -0.392 e. The molecule has 1 atom stereocenters. The summed E-state index contributed by atoms with van der Waals surface area (Å²) < 4.78 is 0. The molecule has 1 amide bonds. The fourth-order valence-corrected chi connectivity index (χ4v) is 1.74. The van der Waals surface area contributed by atoms with Gasteiger partial charge in [-0.05, 0) is 19.8 Å². The maximum absolute atomic E-state index is 11.0. The molecule has 4 heteroatoms. The van der Waals surface area contributed by atoms with Crippen molar-refractivity contribution < 1.29 is 9.90 Å². The van der Waals surface area contributed by atoms with Crippen molar-refractivity contribution in [3.8, 4) is 0 Å². The summed E-state index contributed by atoms with van der Waals surface area (Å²) in [6.07, 6.45) is 1.69. The zero-order valence-corrected chi connectivity index (χ0v) is 8.99. The van der Waals surface area contributed by atoms with Crippen LogP contribution in [-0.2, 0) is 4.79 Å². The van der Waals surface area contributed by atoms with Crippen molar-refractivity contribution in [2.24, 2.45) is 0 Å². The molecule has 1 fully saturated rings. The molecule has 0 spiro atoms. The molecule has 1 rings (SSSR count). The number of nitrogens with zero attached hydrogens (tertiary/aromatic N) is 1. The zero-order chi connectivity index (χ0) is 10.6. The summed E-state index contributed by atoms with van der Waals surface area (Å²) in [4.78, 5) is 12.9. The molecule has 0 saturated carbocycles. The molecule has 0 aromatic heterocycles. The van der Waals surface area contributed by atoms with Gasteiger partial charge in [0.15, 0.2) is 0 Å². The average Bonchev–Trinajstić information content (AvgIpc) is 2.15. The predicted molar refractivity (Wildman–Crippen MR) is 55.0 cm³/mol. The molecule has 0 radical (unpaired) electrons. The second kappa shape index (κ2) is 5.32. The van der Waals surface area contributed by atoms with Crippen LogP contribution < -0.4 is 5.32 Å². The molecular weight excluding hydrogens is 180 g/mol. The van der Waals surface area contributed by atoms with Gasteiger partial charge in [0, 0.05) is 32.6 Å². The summed E-state index contributed by atoms with van der Waals surface area (Å²) in [6, 6.07) is 0.459. The van der Waals surface area contributed by atoms with E-state index in [9.17, 15) is 4.79 Å². The summed E-state index contributed by atoms with van der Waals surface area (Å²) in [5, 5.41) is 12.4. The SMILES string of the molecule is CC(=O)N1CCC(NCC(C)O)CC1. The summed E-state index contributed by atoms with van der Waals surface area (Å²) >= 11 is 0. The highest BCUT2D eigenvalue weighted by Gasteiger charge is 2.20. The monoisotopic (exact) mass is 200 g/mol. The number of hydrogen-bond donors (Lipinski definition) is 2. The van der Waals surface area contributed by atoms with Crippen LogP contribution in [0.25, 0.3) is 0 Å². The zero-order valence-electron chi connectivity index (χ0n) is 8.99. The van der Waals surface area contributed by atoms with Crippen LogP contribution in [0.15, 0.2) is 0 Å². The number of hydrogen-bond acceptors (Lipinski definition) is 3. The van der Waals surface area contributed by atoms with Crippen molar-refractivity contribution >= 4 is 5.91 Å². The first-order valence-corrected chi connectivity index (χ1v) is 5.26. The summed E-state index contributed by atoms with van der Waals surface area (Å²) in [7, 11) is 0. The van der Waals surface area contributed by atoms with Gasteiger partial charge in [0.2, 0.25) is 5.91 Å². The Bertz CT molecular complexity index is 187. The predicted octanol–water partition coefficient (Wildman–Crippen LogP) is -0.0323. The van der Waals surface area contributed by atoms with Gasteiger partial charge in [0.1, 0.15) is 0 Å². The van der Waals surface area contributed by atoms with Crippen molar-refractivity contribution in [1.29, 1.82) is 0 Å². The number of aliphatic hydroxyl groups is 1. The third kappa shape index (κ3) is 3.64. The molecule has 82 valence electrons. The second-order valence-corrected chi connectivity index (χ2v) is 4.04. The number of aliphatic hydroxyl groups excluding tert-OH is 1. The molecule has 2 N–H and O–H groups in total. The Balaban J connectivity index is 2.19. The quantitative estimate of drug-likeness (QED) is 0.672. The van der Waals surface area contributed by atoms with Crippen LogP contribution in [0.2, 0.25) is 0 Å². The van der Waals surface area contributed by atoms with Crippen LogP contribution >= 0.6 is 0 Å². The Morgan fingerprint density at radius 3 is 2.57 bits per heavy atom. The minimum absolute atomic E-state index is 0.166. The van der Waals surface area contributed by atoms with Crippen molar-refractivity contribution in [1.82, 2.24) is 10.2 Å². The number of piperidine rings is 1. The lowest BCUT2D eigenvalue weighted by Crippen LogP contribution is -2.45. The molecule has 0 aromatic rings. The normalized spacial score (nSPS) is 20.9. The van der Waals surface area contributed by atoms with E-state index >= 15 is 0 Å². The number of likely N-dealkylation sites (tertiary alicyclic amines) is 1. The first-order chi connectivity index (χ1) is 6.59. The van der Waals surface area contributed by atoms with Gasteiger partial charge in [-0.2, -0.15) is 0 Å². The smallest absolute Gasteiger partial charge is 0.219 e. The number of rotatable bonds is 3. The number of amides is 1.